The van der Waals surface area contributed by atoms with Gasteiger partial charge in [0, 0.05) is 37.1 Å². The first-order valence-electron chi connectivity index (χ1n) is 6.97. The third kappa shape index (κ3) is 6.88. The Morgan fingerprint density at radius 1 is 1.40 bits per heavy atom. The lowest BCUT2D eigenvalue weighted by Gasteiger charge is -2.20. The van der Waals surface area contributed by atoms with Crippen molar-refractivity contribution < 1.29 is 0 Å². The van der Waals surface area contributed by atoms with Gasteiger partial charge in [-0.3, -0.25) is 4.99 Å². The van der Waals surface area contributed by atoms with Crippen molar-refractivity contribution in [2.75, 3.05) is 13.6 Å². The number of hydrogen-bond acceptors (Lipinski definition) is 3. The molecular weight excluding hydrogens is 383 g/mol. The first-order valence-corrected chi connectivity index (χ1v) is 7.79. The first-order chi connectivity index (χ1) is 9.06. The summed E-state index contributed by atoms with van der Waals surface area (Å²) < 4.78 is 0. The van der Waals surface area contributed by atoms with Gasteiger partial charge in [-0.05, 0) is 19.3 Å². The SMILES string of the molecule is CCc1cnc(CCNC(=NC)NC(C)C(C)C)s1.I. The monoisotopic (exact) mass is 410 g/mol. The van der Waals surface area contributed by atoms with Crippen LogP contribution in [0.1, 0.15) is 37.6 Å². The second-order valence-corrected chi connectivity index (χ2v) is 6.20. The zero-order chi connectivity index (χ0) is 14.3. The van der Waals surface area contributed by atoms with Gasteiger partial charge in [-0.1, -0.05) is 20.8 Å². The van der Waals surface area contributed by atoms with E-state index in [-0.39, 0.29) is 24.0 Å². The van der Waals surface area contributed by atoms with Crippen LogP contribution < -0.4 is 10.6 Å². The van der Waals surface area contributed by atoms with Crippen LogP contribution in [0.3, 0.4) is 0 Å². The number of rotatable bonds is 6. The summed E-state index contributed by atoms with van der Waals surface area (Å²) in [6.45, 7) is 9.60. The highest BCUT2D eigenvalue weighted by Gasteiger charge is 2.08. The van der Waals surface area contributed by atoms with Crippen LogP contribution in [-0.2, 0) is 12.8 Å². The molecule has 0 aliphatic carbocycles. The molecule has 1 atom stereocenters. The van der Waals surface area contributed by atoms with Gasteiger partial charge in [0.05, 0.1) is 5.01 Å². The smallest absolute Gasteiger partial charge is 0.191 e. The molecule has 116 valence electrons. The minimum atomic E-state index is 0. The molecule has 0 fully saturated rings. The second kappa shape index (κ2) is 10.4. The second-order valence-electron chi connectivity index (χ2n) is 5.00. The Morgan fingerprint density at radius 2 is 2.10 bits per heavy atom. The average molecular weight is 410 g/mol. The molecule has 0 bridgehead atoms. The van der Waals surface area contributed by atoms with Gasteiger partial charge >= 0.3 is 0 Å². The molecule has 0 aliphatic rings. The molecule has 0 saturated carbocycles. The number of hydrogen-bond donors (Lipinski definition) is 2. The molecule has 0 spiro atoms. The molecule has 1 rings (SSSR count). The summed E-state index contributed by atoms with van der Waals surface area (Å²) in [6.07, 6.45) is 4.00. The van der Waals surface area contributed by atoms with E-state index in [0.717, 1.165) is 25.3 Å². The first kappa shape index (κ1) is 19.6. The van der Waals surface area contributed by atoms with Crippen LogP contribution in [0.5, 0.6) is 0 Å². The van der Waals surface area contributed by atoms with E-state index in [2.05, 4.69) is 48.3 Å². The highest BCUT2D eigenvalue weighted by atomic mass is 127. The van der Waals surface area contributed by atoms with E-state index in [1.54, 1.807) is 18.4 Å². The molecule has 0 saturated heterocycles. The zero-order valence-electron chi connectivity index (χ0n) is 13.1. The summed E-state index contributed by atoms with van der Waals surface area (Å²) in [7, 11) is 1.81. The lowest BCUT2D eigenvalue weighted by molar-refractivity contribution is 0.481. The van der Waals surface area contributed by atoms with Crippen LogP contribution in [0.25, 0.3) is 0 Å². The number of halogens is 1. The third-order valence-corrected chi connectivity index (χ3v) is 4.37. The van der Waals surface area contributed by atoms with Gasteiger partial charge in [0.25, 0.3) is 0 Å². The van der Waals surface area contributed by atoms with Crippen molar-refractivity contribution >= 4 is 41.3 Å². The summed E-state index contributed by atoms with van der Waals surface area (Å²) in [5.74, 6) is 1.46. The van der Waals surface area contributed by atoms with Crippen molar-refractivity contribution in [2.24, 2.45) is 10.9 Å². The summed E-state index contributed by atoms with van der Waals surface area (Å²) in [5, 5.41) is 7.92. The minimum absolute atomic E-state index is 0. The molecule has 1 aromatic rings. The van der Waals surface area contributed by atoms with E-state index in [1.165, 1.54) is 9.88 Å². The standard InChI is InChI=1S/C14H26N4S.HI/c1-6-12-9-17-13(19-12)7-8-16-14(15-5)18-11(4)10(2)3;/h9-11H,6-8H2,1-5H3,(H2,15,16,18);1H. The predicted molar refractivity (Wildman–Crippen MR) is 99.4 cm³/mol. The Labute approximate surface area is 143 Å². The maximum atomic E-state index is 4.42. The van der Waals surface area contributed by atoms with Gasteiger partial charge in [0.1, 0.15) is 0 Å². The van der Waals surface area contributed by atoms with Gasteiger partial charge in [0.2, 0.25) is 0 Å². The number of nitrogens with one attached hydrogen (secondary N) is 2. The maximum absolute atomic E-state index is 4.42. The number of aliphatic imine (C=N–C) groups is 1. The van der Waals surface area contributed by atoms with Crippen LogP contribution in [0.15, 0.2) is 11.2 Å². The van der Waals surface area contributed by atoms with Gasteiger partial charge < -0.3 is 10.6 Å². The van der Waals surface area contributed by atoms with Crippen molar-refractivity contribution in [3.05, 3.63) is 16.1 Å². The van der Waals surface area contributed by atoms with Crippen LogP contribution in [0, 0.1) is 5.92 Å². The van der Waals surface area contributed by atoms with Crippen LogP contribution in [0.2, 0.25) is 0 Å². The van der Waals surface area contributed by atoms with Crippen molar-refractivity contribution in [3.63, 3.8) is 0 Å². The molecule has 0 aliphatic heterocycles. The van der Waals surface area contributed by atoms with Crippen LogP contribution >= 0.6 is 35.3 Å². The van der Waals surface area contributed by atoms with Gasteiger partial charge in [-0.15, -0.1) is 35.3 Å². The molecule has 2 N–H and O–H groups in total. The van der Waals surface area contributed by atoms with Crippen molar-refractivity contribution in [2.45, 2.75) is 46.6 Å². The molecule has 4 nitrogen and oxygen atoms in total. The highest BCUT2D eigenvalue weighted by molar-refractivity contribution is 14.0. The Bertz CT molecular complexity index is 404. The quantitative estimate of drug-likeness (QED) is 0.431. The molecule has 6 heteroatoms. The van der Waals surface area contributed by atoms with Crippen LogP contribution in [0.4, 0.5) is 0 Å². The van der Waals surface area contributed by atoms with Gasteiger partial charge in [-0.25, -0.2) is 4.98 Å². The van der Waals surface area contributed by atoms with E-state index in [4.69, 9.17) is 0 Å². The molecule has 0 amide bonds. The molecule has 20 heavy (non-hydrogen) atoms. The lowest BCUT2D eigenvalue weighted by Crippen LogP contribution is -2.44. The Balaban J connectivity index is 0.00000361. The predicted octanol–water partition coefficient (Wildman–Crippen LogP) is 3.08. The fourth-order valence-electron chi connectivity index (χ4n) is 1.49. The van der Waals surface area contributed by atoms with Crippen molar-refractivity contribution in [1.82, 2.24) is 15.6 Å². The number of aromatic nitrogens is 1. The van der Waals surface area contributed by atoms with E-state index in [9.17, 15) is 0 Å². The maximum Gasteiger partial charge on any atom is 0.191 e. The molecule has 1 unspecified atom stereocenters. The third-order valence-electron chi connectivity index (χ3n) is 3.17. The van der Waals surface area contributed by atoms with Gasteiger partial charge in [0.15, 0.2) is 5.96 Å². The largest absolute Gasteiger partial charge is 0.356 e. The number of nitrogens with zero attached hydrogens (tertiary/aromatic N) is 2. The van der Waals surface area contributed by atoms with E-state index < -0.39 is 0 Å². The average Bonchev–Trinajstić information content (AvgIpc) is 2.85. The Kier molecular flexibility index (Phi) is 10.2. The van der Waals surface area contributed by atoms with Crippen molar-refractivity contribution in [1.29, 1.82) is 0 Å². The van der Waals surface area contributed by atoms with E-state index in [0.29, 0.717) is 12.0 Å². The van der Waals surface area contributed by atoms with Crippen LogP contribution in [-0.4, -0.2) is 30.6 Å². The fraction of sp³-hybridized carbons (Fsp3) is 0.714. The summed E-state index contributed by atoms with van der Waals surface area (Å²) in [6, 6.07) is 0.415. The summed E-state index contributed by atoms with van der Waals surface area (Å²) >= 11 is 1.80. The fourth-order valence-corrected chi connectivity index (χ4v) is 2.35. The van der Waals surface area contributed by atoms with Crippen molar-refractivity contribution in [3.8, 4) is 0 Å². The zero-order valence-corrected chi connectivity index (χ0v) is 16.2. The molecule has 0 radical (unpaired) electrons. The Hall–Kier alpha value is -0.370. The topological polar surface area (TPSA) is 49.3 Å². The number of thiazole rings is 1. The molecular formula is C14H27IN4S. The Morgan fingerprint density at radius 3 is 2.60 bits per heavy atom. The molecule has 1 aromatic heterocycles. The summed E-state index contributed by atoms with van der Waals surface area (Å²) in [4.78, 5) is 10.0. The van der Waals surface area contributed by atoms with E-state index in [1.807, 2.05) is 6.20 Å². The molecule has 0 aromatic carbocycles. The number of aryl methyl sites for hydroxylation is 1. The minimum Gasteiger partial charge on any atom is -0.356 e. The number of guanidine groups is 1. The van der Waals surface area contributed by atoms with E-state index >= 15 is 0 Å². The lowest BCUT2D eigenvalue weighted by atomic mass is 10.1. The molecule has 1 heterocycles. The van der Waals surface area contributed by atoms with Gasteiger partial charge in [-0.2, -0.15) is 0 Å². The highest BCUT2D eigenvalue weighted by Crippen LogP contribution is 2.13. The summed E-state index contributed by atoms with van der Waals surface area (Å²) in [5.41, 5.74) is 0. The normalized spacial score (nSPS) is 13.0.